The van der Waals surface area contributed by atoms with Gasteiger partial charge in [-0.1, -0.05) is 13.0 Å². The summed E-state index contributed by atoms with van der Waals surface area (Å²) in [5, 5.41) is 16.7. The zero-order chi connectivity index (χ0) is 35.9. The number of rotatable bonds is 6. The van der Waals surface area contributed by atoms with E-state index in [1.165, 1.54) is 24.4 Å². The Morgan fingerprint density at radius 2 is 1.94 bits per heavy atom. The fraction of sp³-hybridized carbons (Fsp3) is 0.447. The number of carbonyl (C=O) groups excluding carboxylic acids is 1. The Balaban J connectivity index is 1.19. The zero-order valence-corrected chi connectivity index (χ0v) is 29.1. The van der Waals surface area contributed by atoms with Crippen molar-refractivity contribution in [2.75, 3.05) is 44.7 Å². The number of anilines is 1. The van der Waals surface area contributed by atoms with Gasteiger partial charge in [0, 0.05) is 57.0 Å². The Morgan fingerprint density at radius 3 is 2.79 bits per heavy atom. The highest BCUT2D eigenvalue weighted by Gasteiger charge is 2.49. The van der Waals surface area contributed by atoms with Gasteiger partial charge < -0.3 is 19.6 Å². The smallest absolute Gasteiger partial charge is 0.319 e. The van der Waals surface area contributed by atoms with Crippen molar-refractivity contribution in [1.82, 2.24) is 34.5 Å². The molecule has 7 heterocycles. The number of alkyl halides is 1. The minimum atomic E-state index is -0.947. The molecule has 1 amide bonds. The van der Waals surface area contributed by atoms with E-state index < -0.39 is 23.3 Å². The van der Waals surface area contributed by atoms with Crippen molar-refractivity contribution in [3.63, 3.8) is 0 Å². The molecular formula is C38H39F3N8O3. The number of nitrogens with zero attached hydrogens (tertiary/aromatic N) is 8. The number of hydrogen-bond acceptors (Lipinski definition) is 9. The molecular weight excluding hydrogens is 673 g/mol. The maximum Gasteiger partial charge on any atom is 0.319 e. The monoisotopic (exact) mass is 712 g/mol. The van der Waals surface area contributed by atoms with Gasteiger partial charge in [0.05, 0.1) is 23.2 Å². The maximum atomic E-state index is 17.1. The highest BCUT2D eigenvalue weighted by molar-refractivity contribution is 6.02. The summed E-state index contributed by atoms with van der Waals surface area (Å²) in [5.74, 6) is -0.995. The van der Waals surface area contributed by atoms with Gasteiger partial charge in [-0.2, -0.15) is 15.1 Å². The van der Waals surface area contributed by atoms with Crippen LogP contribution in [0.2, 0.25) is 0 Å². The first-order valence-electron chi connectivity index (χ1n) is 18.1. The molecule has 11 nitrogen and oxygen atoms in total. The third-order valence-electron chi connectivity index (χ3n) is 11.5. The fourth-order valence-electron chi connectivity index (χ4n) is 8.94. The van der Waals surface area contributed by atoms with Crippen molar-refractivity contribution >= 4 is 33.4 Å². The van der Waals surface area contributed by atoms with Crippen LogP contribution in [-0.4, -0.2) is 97.1 Å². The topological polar surface area (TPSA) is 113 Å². The lowest BCUT2D eigenvalue weighted by atomic mass is 9.94. The van der Waals surface area contributed by atoms with Crippen LogP contribution >= 0.6 is 0 Å². The van der Waals surface area contributed by atoms with Crippen molar-refractivity contribution < 1.29 is 27.8 Å². The molecule has 2 saturated heterocycles. The lowest BCUT2D eigenvalue weighted by Crippen LogP contribution is -2.43. The number of halogens is 3. The second kappa shape index (κ2) is 12.3. The zero-order valence-electron chi connectivity index (χ0n) is 29.1. The molecule has 14 heteroatoms. The molecule has 2 unspecified atom stereocenters. The minimum absolute atomic E-state index is 0.0388. The summed E-state index contributed by atoms with van der Waals surface area (Å²) in [7, 11) is 1.77. The van der Waals surface area contributed by atoms with Crippen LogP contribution in [-0.2, 0) is 25.9 Å². The number of carbonyl (C=O) groups is 1. The number of phenolic OH excluding ortho intramolecular Hbond substituents is 1. The van der Waals surface area contributed by atoms with Crippen LogP contribution in [0, 0.1) is 11.6 Å². The van der Waals surface area contributed by atoms with E-state index in [1.54, 1.807) is 18.0 Å². The number of hydrogen-bond donors (Lipinski definition) is 1. The van der Waals surface area contributed by atoms with E-state index in [0.29, 0.717) is 91.6 Å². The second-order valence-corrected chi connectivity index (χ2v) is 14.6. The summed E-state index contributed by atoms with van der Waals surface area (Å²) in [5.41, 5.74) is 2.31. The van der Waals surface area contributed by atoms with E-state index >= 15 is 8.78 Å². The van der Waals surface area contributed by atoms with E-state index in [0.717, 1.165) is 30.6 Å². The Labute approximate surface area is 298 Å². The number of pyridine rings is 1. The molecule has 3 aromatic heterocycles. The molecule has 5 aromatic rings. The fourth-order valence-corrected chi connectivity index (χ4v) is 8.94. The summed E-state index contributed by atoms with van der Waals surface area (Å²) in [6, 6.07) is 5.78. The van der Waals surface area contributed by atoms with Crippen molar-refractivity contribution in [3.8, 4) is 23.0 Å². The molecule has 0 aliphatic carbocycles. The van der Waals surface area contributed by atoms with Gasteiger partial charge in [0.15, 0.2) is 11.5 Å². The highest BCUT2D eigenvalue weighted by Crippen LogP contribution is 2.42. The number of amides is 1. The minimum Gasteiger partial charge on any atom is -0.508 e. The SMILES string of the molecule is CCc1c(F)ccc2cc(O)cc(-c3ncc4c(N5CCCn6nc7c(c6C5)CCN(C)C7=O)nc(OCC56CCCN5CC(F)C6)nc4c3F)c12. The van der Waals surface area contributed by atoms with Gasteiger partial charge in [0.2, 0.25) is 0 Å². The Hall–Kier alpha value is -4.98. The number of aromatic hydroxyl groups is 1. The average molecular weight is 713 g/mol. The lowest BCUT2D eigenvalue weighted by Gasteiger charge is -2.31. The number of aromatic nitrogens is 5. The summed E-state index contributed by atoms with van der Waals surface area (Å²) >= 11 is 0. The predicted octanol–water partition coefficient (Wildman–Crippen LogP) is 5.58. The standard InChI is InChI=1S/C38H39F3N8O3/c1-3-24-28(40)7-6-21-14-23(50)15-26(30(21)24)32-31(41)33-27(17-42-32)35(44-37(43-33)52-20-38-9-4-11-48(38)18-22(39)16-38)47-10-5-12-49-29(19-47)25-8-13-46(2)36(51)34(25)45-49/h6-7,14-15,17,22,50H,3-5,8-13,16,18-20H2,1-2H3. The summed E-state index contributed by atoms with van der Waals surface area (Å²) in [6.07, 6.45) is 4.35. The number of fused-ring (bicyclic) bond motifs is 6. The van der Waals surface area contributed by atoms with Gasteiger partial charge >= 0.3 is 6.01 Å². The van der Waals surface area contributed by atoms with E-state index in [1.807, 2.05) is 16.5 Å². The van der Waals surface area contributed by atoms with Crippen LogP contribution in [0.25, 0.3) is 32.9 Å². The van der Waals surface area contributed by atoms with E-state index in [4.69, 9.17) is 14.8 Å². The van der Waals surface area contributed by atoms with Gasteiger partial charge in [-0.15, -0.1) is 0 Å². The summed E-state index contributed by atoms with van der Waals surface area (Å²) in [6.45, 7) is 5.24. The molecule has 0 radical (unpaired) electrons. The van der Waals surface area contributed by atoms with Gasteiger partial charge in [-0.3, -0.25) is 19.4 Å². The first-order chi connectivity index (χ1) is 25.1. The molecule has 1 N–H and O–H groups in total. The summed E-state index contributed by atoms with van der Waals surface area (Å²) in [4.78, 5) is 32.9. The molecule has 2 aromatic carbocycles. The molecule has 2 fully saturated rings. The van der Waals surface area contributed by atoms with Gasteiger partial charge in [-0.25, -0.2) is 13.2 Å². The Kier molecular flexibility index (Phi) is 7.79. The third kappa shape index (κ3) is 5.16. The number of ether oxygens (including phenoxy) is 1. The van der Waals surface area contributed by atoms with Crippen molar-refractivity contribution in [1.29, 1.82) is 0 Å². The molecule has 270 valence electrons. The molecule has 2 atom stereocenters. The molecule has 4 aliphatic rings. The molecule has 52 heavy (non-hydrogen) atoms. The van der Waals surface area contributed by atoms with Crippen molar-refractivity contribution in [3.05, 3.63) is 64.6 Å². The van der Waals surface area contributed by atoms with Crippen molar-refractivity contribution in [2.24, 2.45) is 0 Å². The van der Waals surface area contributed by atoms with Crippen molar-refractivity contribution in [2.45, 2.75) is 70.2 Å². The number of aryl methyl sites for hydroxylation is 2. The summed E-state index contributed by atoms with van der Waals surface area (Å²) < 4.78 is 55.1. The van der Waals surface area contributed by atoms with Gasteiger partial charge in [0.1, 0.15) is 41.4 Å². The van der Waals surface area contributed by atoms with E-state index in [2.05, 4.69) is 14.9 Å². The maximum absolute atomic E-state index is 17.1. The predicted molar refractivity (Wildman–Crippen MR) is 188 cm³/mol. The van der Waals surface area contributed by atoms with Gasteiger partial charge in [0.25, 0.3) is 5.91 Å². The molecule has 9 rings (SSSR count). The Morgan fingerprint density at radius 1 is 1.08 bits per heavy atom. The van der Waals surface area contributed by atoms with Crippen LogP contribution in [0.1, 0.15) is 59.9 Å². The van der Waals surface area contributed by atoms with E-state index in [-0.39, 0.29) is 41.0 Å². The quantitative estimate of drug-likeness (QED) is 0.241. The largest absolute Gasteiger partial charge is 0.508 e. The van der Waals surface area contributed by atoms with Gasteiger partial charge in [-0.05, 0) is 73.2 Å². The van der Waals surface area contributed by atoms with Crippen LogP contribution in [0.5, 0.6) is 11.8 Å². The second-order valence-electron chi connectivity index (χ2n) is 14.6. The molecule has 0 bridgehead atoms. The van der Waals surface area contributed by atoms with Crippen LogP contribution in [0.15, 0.2) is 30.5 Å². The highest BCUT2D eigenvalue weighted by atomic mass is 19.1. The Bertz CT molecular complexity index is 2280. The molecule has 0 spiro atoms. The normalized spacial score (nSPS) is 21.9. The molecule has 0 saturated carbocycles. The first kappa shape index (κ1) is 32.9. The number of benzene rings is 2. The van der Waals surface area contributed by atoms with Crippen LogP contribution < -0.4 is 9.64 Å². The van der Waals surface area contributed by atoms with Crippen LogP contribution in [0.4, 0.5) is 19.0 Å². The average Bonchev–Trinajstić information content (AvgIpc) is 3.72. The molecule has 4 aliphatic heterocycles. The first-order valence-corrected chi connectivity index (χ1v) is 18.1. The number of likely N-dealkylation sites (N-methyl/N-ethyl adjacent to an activating group) is 1. The lowest BCUT2D eigenvalue weighted by molar-refractivity contribution is 0.0774. The third-order valence-corrected chi connectivity index (χ3v) is 11.5. The number of phenols is 1. The van der Waals surface area contributed by atoms with Crippen LogP contribution in [0.3, 0.4) is 0 Å². The van der Waals surface area contributed by atoms with E-state index in [9.17, 15) is 14.3 Å².